The Hall–Kier alpha value is -2.93. The number of carbonyl (C=O) groups excluding carboxylic acids is 2. The molecule has 2 amide bonds. The van der Waals surface area contributed by atoms with Crippen LogP contribution in [-0.4, -0.2) is 28.9 Å². The minimum absolute atomic E-state index is 0.0226. The van der Waals surface area contributed by atoms with E-state index in [4.69, 9.17) is 0 Å². The number of rotatable bonds is 9. The molecular formula is C23H25BrN2O4. The highest BCUT2D eigenvalue weighted by Gasteiger charge is 2.22. The quantitative estimate of drug-likeness (QED) is 0.474. The smallest absolute Gasteiger partial charge is 0.326 e. The highest BCUT2D eigenvalue weighted by molar-refractivity contribution is 9.10. The third-order valence-electron chi connectivity index (χ3n) is 4.44. The maximum absolute atomic E-state index is 12.8. The normalized spacial score (nSPS) is 12.2. The number of halogens is 1. The van der Waals surface area contributed by atoms with Crippen LogP contribution in [0.1, 0.15) is 47.7 Å². The fourth-order valence-corrected chi connectivity index (χ4v) is 2.95. The van der Waals surface area contributed by atoms with Crippen LogP contribution in [0.3, 0.4) is 0 Å². The summed E-state index contributed by atoms with van der Waals surface area (Å²) in [4.78, 5) is 37.0. The number of unbranched alkanes of at least 4 members (excludes halogenated alkanes) is 1. The van der Waals surface area contributed by atoms with E-state index in [9.17, 15) is 19.5 Å². The lowest BCUT2D eigenvalue weighted by Crippen LogP contribution is -2.44. The Morgan fingerprint density at radius 1 is 1.07 bits per heavy atom. The molecule has 0 aromatic heterocycles. The number of hydrogen-bond acceptors (Lipinski definition) is 3. The van der Waals surface area contributed by atoms with Crippen molar-refractivity contribution >= 4 is 39.8 Å². The number of carbonyl (C=O) groups is 3. The van der Waals surface area contributed by atoms with E-state index in [0.717, 1.165) is 16.5 Å². The maximum atomic E-state index is 12.8. The second-order valence-electron chi connectivity index (χ2n) is 6.94. The zero-order valence-corrected chi connectivity index (χ0v) is 18.5. The number of aryl methyl sites for hydroxylation is 1. The standard InChI is InChI=1S/C23H25BrN2O4/c1-3-4-5-19(23(29)30)25-22(28)20(14-16-8-12-18(24)13-9-16)26-21(27)17-10-6-15(2)7-11-17/h6-14,19H,3-5H2,1-2H3,(H,25,28)(H,26,27)(H,29,30)/b20-14+. The van der Waals surface area contributed by atoms with E-state index in [1.165, 1.54) is 6.08 Å². The Balaban J connectivity index is 2.28. The van der Waals surface area contributed by atoms with Crippen molar-refractivity contribution in [1.82, 2.24) is 10.6 Å². The second-order valence-corrected chi connectivity index (χ2v) is 7.85. The summed E-state index contributed by atoms with van der Waals surface area (Å²) in [6.07, 6.45) is 3.31. The number of benzene rings is 2. The molecule has 0 heterocycles. The lowest BCUT2D eigenvalue weighted by atomic mass is 10.1. The van der Waals surface area contributed by atoms with Gasteiger partial charge in [-0.1, -0.05) is 65.5 Å². The van der Waals surface area contributed by atoms with Gasteiger partial charge in [-0.05, 0) is 49.2 Å². The Morgan fingerprint density at radius 2 is 1.70 bits per heavy atom. The average Bonchev–Trinajstić information content (AvgIpc) is 2.72. The number of nitrogens with one attached hydrogen (secondary N) is 2. The van der Waals surface area contributed by atoms with Crippen molar-refractivity contribution in [2.24, 2.45) is 0 Å². The first-order chi connectivity index (χ1) is 14.3. The molecule has 30 heavy (non-hydrogen) atoms. The molecule has 0 aliphatic heterocycles. The molecule has 0 fully saturated rings. The SMILES string of the molecule is CCCCC(NC(=O)/C(=C\c1ccc(Br)cc1)NC(=O)c1ccc(C)cc1)C(=O)O. The van der Waals surface area contributed by atoms with E-state index in [2.05, 4.69) is 26.6 Å². The zero-order valence-electron chi connectivity index (χ0n) is 16.9. The van der Waals surface area contributed by atoms with Crippen LogP contribution in [0.25, 0.3) is 6.08 Å². The van der Waals surface area contributed by atoms with Crippen molar-refractivity contribution in [2.75, 3.05) is 0 Å². The van der Waals surface area contributed by atoms with Crippen LogP contribution < -0.4 is 10.6 Å². The third-order valence-corrected chi connectivity index (χ3v) is 4.97. The average molecular weight is 473 g/mol. The van der Waals surface area contributed by atoms with Gasteiger partial charge >= 0.3 is 5.97 Å². The highest BCUT2D eigenvalue weighted by Crippen LogP contribution is 2.14. The van der Waals surface area contributed by atoms with E-state index in [1.54, 1.807) is 36.4 Å². The molecule has 1 atom stereocenters. The number of amides is 2. The minimum atomic E-state index is -1.11. The molecule has 0 spiro atoms. The molecule has 2 aromatic rings. The second kappa shape index (κ2) is 11.3. The number of hydrogen-bond donors (Lipinski definition) is 3. The summed E-state index contributed by atoms with van der Waals surface area (Å²) in [6, 6.07) is 13.1. The molecule has 0 saturated heterocycles. The molecule has 1 unspecified atom stereocenters. The Kier molecular flexibility index (Phi) is 8.80. The summed E-state index contributed by atoms with van der Waals surface area (Å²) in [5.74, 6) is -2.21. The third kappa shape index (κ3) is 7.15. The van der Waals surface area contributed by atoms with E-state index >= 15 is 0 Å². The summed E-state index contributed by atoms with van der Waals surface area (Å²) in [6.45, 7) is 3.86. The van der Waals surface area contributed by atoms with E-state index in [1.807, 2.05) is 26.0 Å². The molecule has 2 aromatic carbocycles. The molecule has 158 valence electrons. The fraction of sp³-hybridized carbons (Fsp3) is 0.261. The molecule has 0 bridgehead atoms. The summed E-state index contributed by atoms with van der Waals surface area (Å²) in [7, 11) is 0. The topological polar surface area (TPSA) is 95.5 Å². The van der Waals surface area contributed by atoms with Crippen LogP contribution in [0.5, 0.6) is 0 Å². The minimum Gasteiger partial charge on any atom is -0.480 e. The molecule has 2 rings (SSSR count). The first-order valence-electron chi connectivity index (χ1n) is 9.69. The highest BCUT2D eigenvalue weighted by atomic mass is 79.9. The molecule has 0 radical (unpaired) electrons. The fourth-order valence-electron chi connectivity index (χ4n) is 2.69. The largest absolute Gasteiger partial charge is 0.480 e. The van der Waals surface area contributed by atoms with Crippen LogP contribution in [0.15, 0.2) is 58.7 Å². The van der Waals surface area contributed by atoms with Gasteiger partial charge in [0.2, 0.25) is 0 Å². The van der Waals surface area contributed by atoms with Gasteiger partial charge < -0.3 is 15.7 Å². The molecule has 0 saturated carbocycles. The predicted molar refractivity (Wildman–Crippen MR) is 120 cm³/mol. The summed E-state index contributed by atoms with van der Waals surface area (Å²) >= 11 is 3.36. The molecule has 7 heteroatoms. The van der Waals surface area contributed by atoms with Crippen molar-refractivity contribution < 1.29 is 19.5 Å². The van der Waals surface area contributed by atoms with Gasteiger partial charge in [-0.3, -0.25) is 9.59 Å². The monoisotopic (exact) mass is 472 g/mol. The van der Waals surface area contributed by atoms with Crippen LogP contribution in [0.4, 0.5) is 0 Å². The van der Waals surface area contributed by atoms with Crippen molar-refractivity contribution in [3.63, 3.8) is 0 Å². The van der Waals surface area contributed by atoms with Gasteiger partial charge in [-0.15, -0.1) is 0 Å². The molecule has 3 N–H and O–H groups in total. The van der Waals surface area contributed by atoms with Gasteiger partial charge in [0, 0.05) is 10.0 Å². The first kappa shape index (κ1) is 23.3. The van der Waals surface area contributed by atoms with Crippen molar-refractivity contribution in [1.29, 1.82) is 0 Å². The van der Waals surface area contributed by atoms with Gasteiger partial charge in [0.1, 0.15) is 11.7 Å². The Labute approximate surface area is 184 Å². The Bertz CT molecular complexity index is 921. The number of carboxylic acid groups (broad SMARTS) is 1. The van der Waals surface area contributed by atoms with Crippen LogP contribution in [0, 0.1) is 6.92 Å². The van der Waals surface area contributed by atoms with Crippen LogP contribution >= 0.6 is 15.9 Å². The number of carboxylic acids is 1. The molecular weight excluding hydrogens is 448 g/mol. The first-order valence-corrected chi connectivity index (χ1v) is 10.5. The van der Waals surface area contributed by atoms with E-state index < -0.39 is 23.8 Å². The van der Waals surface area contributed by atoms with Crippen LogP contribution in [-0.2, 0) is 9.59 Å². The lowest BCUT2D eigenvalue weighted by molar-refractivity contribution is -0.141. The van der Waals surface area contributed by atoms with E-state index in [0.29, 0.717) is 24.0 Å². The lowest BCUT2D eigenvalue weighted by Gasteiger charge is -2.16. The van der Waals surface area contributed by atoms with Gasteiger partial charge in [-0.25, -0.2) is 4.79 Å². The Morgan fingerprint density at radius 3 is 2.27 bits per heavy atom. The van der Waals surface area contributed by atoms with Gasteiger partial charge in [-0.2, -0.15) is 0 Å². The van der Waals surface area contributed by atoms with Crippen LogP contribution in [0.2, 0.25) is 0 Å². The zero-order chi connectivity index (χ0) is 22.1. The molecule has 6 nitrogen and oxygen atoms in total. The van der Waals surface area contributed by atoms with Gasteiger partial charge in [0.15, 0.2) is 0 Å². The maximum Gasteiger partial charge on any atom is 0.326 e. The number of aliphatic carboxylic acids is 1. The van der Waals surface area contributed by atoms with Gasteiger partial charge in [0.05, 0.1) is 0 Å². The molecule has 0 aliphatic carbocycles. The summed E-state index contributed by atoms with van der Waals surface area (Å²) in [5.41, 5.74) is 2.07. The summed E-state index contributed by atoms with van der Waals surface area (Å²) in [5, 5.41) is 14.5. The predicted octanol–water partition coefficient (Wildman–Crippen LogP) is 4.29. The molecule has 0 aliphatic rings. The van der Waals surface area contributed by atoms with Crippen molar-refractivity contribution in [3.05, 3.63) is 75.4 Å². The van der Waals surface area contributed by atoms with Gasteiger partial charge in [0.25, 0.3) is 11.8 Å². The van der Waals surface area contributed by atoms with Crippen molar-refractivity contribution in [2.45, 2.75) is 39.2 Å². The van der Waals surface area contributed by atoms with Crippen molar-refractivity contribution in [3.8, 4) is 0 Å². The summed E-state index contributed by atoms with van der Waals surface area (Å²) < 4.78 is 0.875. The van der Waals surface area contributed by atoms with E-state index in [-0.39, 0.29) is 5.70 Å².